The van der Waals surface area contributed by atoms with E-state index < -0.39 is 84.8 Å². The van der Waals surface area contributed by atoms with Crippen molar-refractivity contribution >= 4 is 81.3 Å². The SMILES string of the molecule is NC(CCC(=O)NC(CSSCC(NC(=O)CCC(N)C(=O)O)C(=O)NCC(=O)O)C(=O)NCC(=O)O)C(=O)O.O=c1[nH]ccc(=S)[nH]1. The molecule has 1 aromatic heterocycles. The van der Waals surface area contributed by atoms with E-state index in [1.807, 2.05) is 0 Å². The summed E-state index contributed by atoms with van der Waals surface area (Å²) in [5.41, 5.74) is 10.4. The third-order valence-electron chi connectivity index (χ3n) is 5.37. The van der Waals surface area contributed by atoms with Crippen molar-refractivity contribution in [3.63, 3.8) is 0 Å². The number of nitrogens with one attached hydrogen (secondary N) is 6. The highest BCUT2D eigenvalue weighted by molar-refractivity contribution is 8.76. The van der Waals surface area contributed by atoms with Gasteiger partial charge in [0.05, 0.1) is 0 Å². The second-order valence-corrected chi connectivity index (χ2v) is 12.3. The molecular formula is C24H36N8O13S3. The molecule has 0 fully saturated rings. The molecule has 0 saturated carbocycles. The van der Waals surface area contributed by atoms with Crippen LogP contribution in [0.4, 0.5) is 0 Å². The number of carboxylic acids is 4. The minimum Gasteiger partial charge on any atom is -0.480 e. The lowest BCUT2D eigenvalue weighted by atomic mass is 10.1. The van der Waals surface area contributed by atoms with Gasteiger partial charge in [-0.1, -0.05) is 33.8 Å². The van der Waals surface area contributed by atoms with Crippen LogP contribution in [0.2, 0.25) is 0 Å². The maximum atomic E-state index is 12.4. The van der Waals surface area contributed by atoms with Gasteiger partial charge in [0, 0.05) is 30.5 Å². The Morgan fingerprint density at radius 2 is 1.15 bits per heavy atom. The Morgan fingerprint density at radius 3 is 1.44 bits per heavy atom. The van der Waals surface area contributed by atoms with Crippen LogP contribution in [0.1, 0.15) is 25.7 Å². The molecule has 4 amide bonds. The number of carbonyl (C=O) groups is 8. The Morgan fingerprint density at radius 1 is 0.750 bits per heavy atom. The van der Waals surface area contributed by atoms with Crippen molar-refractivity contribution in [2.24, 2.45) is 11.5 Å². The number of amides is 4. The Bertz CT molecular complexity index is 1310. The molecule has 1 aromatic rings. The number of hydrogen-bond acceptors (Lipinski definition) is 14. The molecule has 4 unspecified atom stereocenters. The fraction of sp³-hybridized carbons (Fsp3) is 0.500. The zero-order chi connectivity index (χ0) is 36.8. The Labute approximate surface area is 284 Å². The van der Waals surface area contributed by atoms with E-state index in [-0.39, 0.29) is 42.9 Å². The lowest BCUT2D eigenvalue weighted by molar-refractivity contribution is -0.140. The van der Waals surface area contributed by atoms with Crippen LogP contribution in [-0.2, 0) is 38.4 Å². The molecule has 48 heavy (non-hydrogen) atoms. The molecule has 14 N–H and O–H groups in total. The number of rotatable bonds is 21. The first-order valence-electron chi connectivity index (χ1n) is 13.5. The van der Waals surface area contributed by atoms with E-state index in [1.54, 1.807) is 6.07 Å². The fourth-order valence-electron chi connectivity index (χ4n) is 2.91. The van der Waals surface area contributed by atoms with Gasteiger partial charge in [-0.2, -0.15) is 0 Å². The summed E-state index contributed by atoms with van der Waals surface area (Å²) in [5, 5.41) is 44.1. The van der Waals surface area contributed by atoms with Crippen molar-refractivity contribution in [3.05, 3.63) is 27.4 Å². The minimum absolute atomic E-state index is 0.155. The first kappa shape index (κ1) is 43.5. The molecule has 4 atom stereocenters. The average Bonchev–Trinajstić information content (AvgIpc) is 3.00. The zero-order valence-corrected chi connectivity index (χ0v) is 27.4. The van der Waals surface area contributed by atoms with E-state index in [1.165, 1.54) is 6.20 Å². The normalized spacial score (nSPS) is 12.8. The smallest absolute Gasteiger partial charge is 0.323 e. The van der Waals surface area contributed by atoms with Gasteiger partial charge in [0.1, 0.15) is 41.9 Å². The molecule has 268 valence electrons. The number of carboxylic acid groups (broad SMARTS) is 4. The molecule has 24 heteroatoms. The highest BCUT2D eigenvalue weighted by atomic mass is 33.1. The number of hydrogen-bond donors (Lipinski definition) is 12. The molecule has 0 aliphatic rings. The zero-order valence-electron chi connectivity index (χ0n) is 25.0. The van der Waals surface area contributed by atoms with Crippen molar-refractivity contribution in [1.82, 2.24) is 31.2 Å². The Kier molecular flexibility index (Phi) is 21.5. The topological polar surface area (TPSA) is 366 Å². The summed E-state index contributed by atoms with van der Waals surface area (Å²) in [6, 6.07) is -3.55. The first-order chi connectivity index (χ1) is 22.4. The van der Waals surface area contributed by atoms with Crippen LogP contribution < -0.4 is 38.4 Å². The summed E-state index contributed by atoms with van der Waals surface area (Å²) in [7, 11) is 1.89. The third-order valence-corrected chi connectivity index (χ3v) is 8.03. The van der Waals surface area contributed by atoms with E-state index in [2.05, 4.69) is 43.5 Å². The maximum Gasteiger partial charge on any atom is 0.323 e. The second kappa shape index (κ2) is 23.7. The molecule has 0 aliphatic carbocycles. The van der Waals surface area contributed by atoms with Gasteiger partial charge >= 0.3 is 29.6 Å². The van der Waals surface area contributed by atoms with Gasteiger partial charge in [-0.25, -0.2) is 4.79 Å². The molecule has 0 radical (unpaired) electrons. The standard InChI is InChI=1S/C20H32N6O12S2.C4H4N2OS/c21-9(19(35)36)1-3-13(27)25-11(17(33)23-5-15(29)30)7-39-40-8-12(18(34)24-6-16(31)32)26-14(28)4-2-10(22)20(37)38;7-4-5-2-1-3(8)6-4/h9-12H,1-8,21-22H2,(H,23,33)(H,24,34)(H,25,27)(H,26,28)(H,29,30)(H,31,32)(H,35,36)(H,37,38);1-2H,(H2,5,6,7,8). The summed E-state index contributed by atoms with van der Waals surface area (Å²) < 4.78 is 0.453. The van der Waals surface area contributed by atoms with E-state index >= 15 is 0 Å². The third kappa shape index (κ3) is 21.3. The highest BCUT2D eigenvalue weighted by Gasteiger charge is 2.25. The number of aliphatic carboxylic acids is 4. The van der Waals surface area contributed by atoms with Crippen LogP contribution in [0.3, 0.4) is 0 Å². The van der Waals surface area contributed by atoms with Crippen LogP contribution in [0, 0.1) is 4.64 Å². The lowest BCUT2D eigenvalue weighted by Crippen LogP contribution is -2.50. The molecular weight excluding hydrogens is 705 g/mol. The van der Waals surface area contributed by atoms with Crippen LogP contribution in [0.15, 0.2) is 17.1 Å². The van der Waals surface area contributed by atoms with Gasteiger partial charge in [-0.3, -0.25) is 43.3 Å². The van der Waals surface area contributed by atoms with Gasteiger partial charge < -0.3 is 58.1 Å². The summed E-state index contributed by atoms with van der Waals surface area (Å²) in [4.78, 5) is 107. The lowest BCUT2D eigenvalue weighted by Gasteiger charge is -2.20. The van der Waals surface area contributed by atoms with Gasteiger partial charge in [0.15, 0.2) is 0 Å². The van der Waals surface area contributed by atoms with Gasteiger partial charge in [-0.15, -0.1) is 0 Å². The summed E-state index contributed by atoms with van der Waals surface area (Å²) in [6.45, 7) is -1.48. The molecule has 1 rings (SSSR count). The Balaban J connectivity index is 0.00000239. The maximum absolute atomic E-state index is 12.4. The predicted molar refractivity (Wildman–Crippen MR) is 172 cm³/mol. The largest absolute Gasteiger partial charge is 0.480 e. The average molecular weight is 741 g/mol. The van der Waals surface area contributed by atoms with Crippen molar-refractivity contribution in [2.45, 2.75) is 49.9 Å². The monoisotopic (exact) mass is 740 g/mol. The molecule has 21 nitrogen and oxygen atoms in total. The second-order valence-electron chi connectivity index (χ2n) is 9.30. The van der Waals surface area contributed by atoms with Crippen molar-refractivity contribution in [1.29, 1.82) is 0 Å². The van der Waals surface area contributed by atoms with Crippen LogP contribution in [0.5, 0.6) is 0 Å². The predicted octanol–water partition coefficient (Wildman–Crippen LogP) is -3.44. The summed E-state index contributed by atoms with van der Waals surface area (Å²) in [5.74, 6) is -8.81. The first-order valence-corrected chi connectivity index (χ1v) is 16.4. The van der Waals surface area contributed by atoms with Crippen molar-refractivity contribution in [2.75, 3.05) is 24.6 Å². The number of aromatic amines is 2. The van der Waals surface area contributed by atoms with E-state index in [4.69, 9.17) is 31.9 Å². The van der Waals surface area contributed by atoms with Crippen molar-refractivity contribution < 1.29 is 58.8 Å². The van der Waals surface area contributed by atoms with E-state index in [0.29, 0.717) is 4.64 Å². The molecule has 0 bridgehead atoms. The van der Waals surface area contributed by atoms with Crippen molar-refractivity contribution in [3.8, 4) is 0 Å². The molecule has 0 aliphatic heterocycles. The number of carbonyl (C=O) groups excluding carboxylic acids is 4. The van der Waals surface area contributed by atoms with E-state index in [0.717, 1.165) is 21.6 Å². The number of aromatic nitrogens is 2. The van der Waals surface area contributed by atoms with E-state index in [9.17, 15) is 43.2 Å². The fourth-order valence-corrected chi connectivity index (χ4v) is 5.39. The van der Waals surface area contributed by atoms with Crippen LogP contribution >= 0.6 is 33.8 Å². The Hall–Kier alpha value is -4.52. The molecule has 0 spiro atoms. The quantitative estimate of drug-likeness (QED) is 0.0331. The molecule has 1 heterocycles. The molecule has 0 saturated heterocycles. The van der Waals surface area contributed by atoms with Gasteiger partial charge in [-0.05, 0) is 18.9 Å². The summed E-state index contributed by atoms with van der Waals surface area (Å²) >= 11 is 4.62. The van der Waals surface area contributed by atoms with Crippen LogP contribution in [0.25, 0.3) is 0 Å². The van der Waals surface area contributed by atoms with Gasteiger partial charge in [0.2, 0.25) is 23.6 Å². The van der Waals surface area contributed by atoms with Crippen LogP contribution in [-0.4, -0.2) is 127 Å². The molecule has 0 aromatic carbocycles. The highest BCUT2D eigenvalue weighted by Crippen LogP contribution is 2.23. The minimum atomic E-state index is -1.34. The summed E-state index contributed by atoms with van der Waals surface area (Å²) in [6.07, 6.45) is 0.378. The number of H-pyrrole nitrogens is 2. The number of nitrogens with two attached hydrogens (primary N) is 2. The van der Waals surface area contributed by atoms with Gasteiger partial charge in [0.25, 0.3) is 0 Å².